The van der Waals surface area contributed by atoms with Crippen LogP contribution in [-0.2, 0) is 7.05 Å². The van der Waals surface area contributed by atoms with Crippen LogP contribution in [0.4, 0.5) is 0 Å². The molecule has 2 nitrogen and oxygen atoms in total. The molecule has 1 rings (SSSR count). The lowest BCUT2D eigenvalue weighted by molar-refractivity contribution is 0.913. The van der Waals surface area contributed by atoms with Gasteiger partial charge in [0.25, 0.3) is 0 Å². The van der Waals surface area contributed by atoms with Crippen molar-refractivity contribution in [2.75, 3.05) is 5.75 Å². The van der Waals surface area contributed by atoms with Gasteiger partial charge in [-0.05, 0) is 5.92 Å². The van der Waals surface area contributed by atoms with Crippen LogP contribution in [-0.4, -0.2) is 15.3 Å². The van der Waals surface area contributed by atoms with Gasteiger partial charge in [0, 0.05) is 13.2 Å². The normalized spacial score (nSPS) is 8.60. The molecule has 0 aliphatic heterocycles. The zero-order chi connectivity index (χ0) is 7.40. The molecule has 0 N–H and O–H groups in total. The number of hydrogen-bond acceptors (Lipinski definition) is 2. The average molecular weight is 152 g/mol. The fraction of sp³-hybridized carbons (Fsp3) is 0.286. The van der Waals surface area contributed by atoms with Crippen LogP contribution in [0.5, 0.6) is 0 Å². The van der Waals surface area contributed by atoms with Crippen molar-refractivity contribution in [1.29, 1.82) is 0 Å². The lowest BCUT2D eigenvalue weighted by atomic mass is 10.5. The van der Waals surface area contributed by atoms with Crippen molar-refractivity contribution in [1.82, 2.24) is 9.55 Å². The van der Waals surface area contributed by atoms with E-state index in [0.717, 1.165) is 5.69 Å². The minimum Gasteiger partial charge on any atom is -0.339 e. The zero-order valence-electron chi connectivity index (χ0n) is 5.70. The summed E-state index contributed by atoms with van der Waals surface area (Å²) in [7, 11) is 1.92. The molecule has 0 saturated carbocycles. The molecular formula is C7H8N2S. The van der Waals surface area contributed by atoms with Crippen LogP contribution in [0.2, 0.25) is 0 Å². The predicted octanol–water partition coefficient (Wildman–Crippen LogP) is 0.701. The number of nitrogens with zero attached hydrogens (tertiary/aromatic N) is 2. The first-order valence-electron chi connectivity index (χ1n) is 2.90. The van der Waals surface area contributed by atoms with Crippen molar-refractivity contribution >= 4 is 12.6 Å². The maximum atomic E-state index is 4.01. The first-order valence-corrected chi connectivity index (χ1v) is 3.54. The van der Waals surface area contributed by atoms with E-state index < -0.39 is 0 Å². The second kappa shape index (κ2) is 3.33. The molecule has 0 saturated heterocycles. The zero-order valence-corrected chi connectivity index (χ0v) is 6.60. The molecule has 0 aliphatic rings. The Morgan fingerprint density at radius 1 is 1.80 bits per heavy atom. The molecule has 0 radical (unpaired) electrons. The second-order valence-electron chi connectivity index (χ2n) is 1.88. The summed E-state index contributed by atoms with van der Waals surface area (Å²) in [6.45, 7) is 0. The van der Waals surface area contributed by atoms with Gasteiger partial charge in [-0.1, -0.05) is 5.92 Å². The van der Waals surface area contributed by atoms with E-state index in [-0.39, 0.29) is 0 Å². The monoisotopic (exact) mass is 152 g/mol. The second-order valence-corrected chi connectivity index (χ2v) is 2.20. The Bertz CT molecular complexity index is 267. The van der Waals surface area contributed by atoms with Crippen LogP contribution >= 0.6 is 12.6 Å². The van der Waals surface area contributed by atoms with Crippen molar-refractivity contribution < 1.29 is 0 Å². The van der Waals surface area contributed by atoms with Gasteiger partial charge in [0.1, 0.15) is 5.69 Å². The number of thiol groups is 1. The highest BCUT2D eigenvalue weighted by atomic mass is 32.1. The van der Waals surface area contributed by atoms with E-state index in [2.05, 4.69) is 29.5 Å². The third kappa shape index (κ3) is 1.82. The molecule has 0 aliphatic carbocycles. The Balaban J connectivity index is 2.76. The summed E-state index contributed by atoms with van der Waals surface area (Å²) in [6, 6.07) is 0. The van der Waals surface area contributed by atoms with Crippen LogP contribution < -0.4 is 0 Å². The lowest BCUT2D eigenvalue weighted by Crippen LogP contribution is -1.77. The van der Waals surface area contributed by atoms with Gasteiger partial charge >= 0.3 is 0 Å². The van der Waals surface area contributed by atoms with E-state index in [1.807, 2.05) is 17.8 Å². The van der Waals surface area contributed by atoms with Crippen molar-refractivity contribution in [3.63, 3.8) is 0 Å². The van der Waals surface area contributed by atoms with Gasteiger partial charge in [-0.2, -0.15) is 12.6 Å². The fourth-order valence-corrected chi connectivity index (χ4v) is 0.687. The first kappa shape index (κ1) is 7.23. The molecule has 0 fully saturated rings. The minimum absolute atomic E-state index is 0.580. The van der Waals surface area contributed by atoms with Crippen LogP contribution in [0.25, 0.3) is 0 Å². The topological polar surface area (TPSA) is 17.8 Å². The van der Waals surface area contributed by atoms with E-state index in [1.54, 1.807) is 6.33 Å². The van der Waals surface area contributed by atoms with Gasteiger partial charge in [0.15, 0.2) is 0 Å². The number of hydrogen-bond donors (Lipinski definition) is 1. The highest BCUT2D eigenvalue weighted by Gasteiger charge is 1.87. The van der Waals surface area contributed by atoms with Gasteiger partial charge in [0.05, 0.1) is 12.1 Å². The predicted molar refractivity (Wildman–Crippen MR) is 43.9 cm³/mol. The summed E-state index contributed by atoms with van der Waals surface area (Å²) in [6.07, 6.45) is 3.60. The van der Waals surface area contributed by atoms with E-state index in [0.29, 0.717) is 5.75 Å². The van der Waals surface area contributed by atoms with E-state index >= 15 is 0 Å². The van der Waals surface area contributed by atoms with Crippen LogP contribution in [0, 0.1) is 11.8 Å². The molecule has 3 heteroatoms. The molecule has 1 aromatic heterocycles. The van der Waals surface area contributed by atoms with Crippen molar-refractivity contribution in [3.8, 4) is 11.8 Å². The highest BCUT2D eigenvalue weighted by Crippen LogP contribution is 1.89. The first-order chi connectivity index (χ1) is 4.83. The van der Waals surface area contributed by atoms with Crippen LogP contribution in [0.3, 0.4) is 0 Å². The van der Waals surface area contributed by atoms with Gasteiger partial charge in [-0.3, -0.25) is 0 Å². The number of aromatic nitrogens is 2. The Labute approximate surface area is 65.7 Å². The highest BCUT2D eigenvalue weighted by molar-refractivity contribution is 7.80. The third-order valence-corrected chi connectivity index (χ3v) is 1.16. The summed E-state index contributed by atoms with van der Waals surface area (Å²) >= 11 is 3.95. The van der Waals surface area contributed by atoms with E-state index in [1.165, 1.54) is 0 Å². The Morgan fingerprint density at radius 3 is 3.10 bits per heavy atom. The number of rotatable bonds is 0. The molecule has 1 heterocycles. The average Bonchev–Trinajstić information content (AvgIpc) is 2.31. The Hall–Kier alpha value is -0.880. The summed E-state index contributed by atoms with van der Waals surface area (Å²) in [5.41, 5.74) is 0.802. The molecule has 1 aromatic rings. The number of aryl methyl sites for hydroxylation is 1. The molecular weight excluding hydrogens is 144 g/mol. The summed E-state index contributed by atoms with van der Waals surface area (Å²) in [5.74, 6) is 6.25. The number of imidazole rings is 1. The van der Waals surface area contributed by atoms with E-state index in [9.17, 15) is 0 Å². The van der Waals surface area contributed by atoms with Crippen LogP contribution in [0.15, 0.2) is 12.5 Å². The molecule has 0 atom stereocenters. The SMILES string of the molecule is Cn1cnc(C#CCS)c1. The molecule has 52 valence electrons. The van der Waals surface area contributed by atoms with Gasteiger partial charge in [-0.25, -0.2) is 4.98 Å². The van der Waals surface area contributed by atoms with E-state index in [4.69, 9.17) is 0 Å². The molecule has 0 spiro atoms. The largest absolute Gasteiger partial charge is 0.339 e. The fourth-order valence-electron chi connectivity index (χ4n) is 0.607. The van der Waals surface area contributed by atoms with Crippen molar-refractivity contribution in [2.45, 2.75) is 0 Å². The summed E-state index contributed by atoms with van der Waals surface area (Å²) in [5, 5.41) is 0. The molecule has 0 aromatic carbocycles. The maximum absolute atomic E-state index is 4.01. The van der Waals surface area contributed by atoms with Crippen molar-refractivity contribution in [3.05, 3.63) is 18.2 Å². The van der Waals surface area contributed by atoms with Gasteiger partial charge in [-0.15, -0.1) is 0 Å². The quantitative estimate of drug-likeness (QED) is 0.428. The Morgan fingerprint density at radius 2 is 2.60 bits per heavy atom. The molecule has 0 amide bonds. The maximum Gasteiger partial charge on any atom is 0.131 e. The lowest BCUT2D eigenvalue weighted by Gasteiger charge is -1.78. The Kier molecular flexibility index (Phi) is 2.41. The van der Waals surface area contributed by atoms with Gasteiger partial charge < -0.3 is 4.57 Å². The smallest absolute Gasteiger partial charge is 0.131 e. The van der Waals surface area contributed by atoms with Crippen molar-refractivity contribution in [2.24, 2.45) is 7.05 Å². The summed E-state index contributed by atoms with van der Waals surface area (Å²) < 4.78 is 1.86. The molecule has 10 heavy (non-hydrogen) atoms. The standard InChI is InChI=1S/C7H8N2S/c1-9-5-7(8-6-9)3-2-4-10/h5-6,10H,4H2,1H3. The summed E-state index contributed by atoms with van der Waals surface area (Å²) in [4.78, 5) is 4.01. The van der Waals surface area contributed by atoms with Crippen LogP contribution in [0.1, 0.15) is 5.69 Å². The third-order valence-electron chi connectivity index (χ3n) is 1.00. The minimum atomic E-state index is 0.580. The molecule has 0 bridgehead atoms. The van der Waals surface area contributed by atoms with Gasteiger partial charge in [0.2, 0.25) is 0 Å². The molecule has 0 unspecified atom stereocenters.